The van der Waals surface area contributed by atoms with Gasteiger partial charge in [-0.2, -0.15) is 0 Å². The minimum absolute atomic E-state index is 0.568. The summed E-state index contributed by atoms with van der Waals surface area (Å²) in [4.78, 5) is 12.9. The van der Waals surface area contributed by atoms with Crippen LogP contribution in [0.15, 0.2) is 0 Å². The molecule has 1 unspecified atom stereocenters. The molecule has 4 nitrogen and oxygen atoms in total. The van der Waals surface area contributed by atoms with Gasteiger partial charge in [0.1, 0.15) is 6.04 Å². The predicted octanol–water partition coefficient (Wildman–Crippen LogP) is 1.16. The standard InChI is InChI=1S/C13H24N2O2/c1-9(2)10-5-13(6-10)7-15(8-13)4-3-11(14)12(16)17/h9-11H,3-8,14H2,1-2H3,(H,16,17). The Labute approximate surface area is 103 Å². The monoisotopic (exact) mass is 240 g/mol. The van der Waals surface area contributed by atoms with Crippen molar-refractivity contribution in [2.24, 2.45) is 23.0 Å². The second-order valence-electron chi connectivity index (χ2n) is 6.36. The number of rotatable bonds is 5. The molecule has 1 aliphatic heterocycles. The van der Waals surface area contributed by atoms with Crippen molar-refractivity contribution in [3.8, 4) is 0 Å². The van der Waals surface area contributed by atoms with Gasteiger partial charge in [-0.3, -0.25) is 4.79 Å². The third-order valence-corrected chi connectivity index (χ3v) is 4.52. The first kappa shape index (κ1) is 12.8. The molecule has 0 aromatic carbocycles. The van der Waals surface area contributed by atoms with Gasteiger partial charge in [0.2, 0.25) is 0 Å². The van der Waals surface area contributed by atoms with Crippen LogP contribution in [0.2, 0.25) is 0 Å². The maximum atomic E-state index is 10.6. The van der Waals surface area contributed by atoms with E-state index in [1.165, 1.54) is 12.8 Å². The summed E-state index contributed by atoms with van der Waals surface area (Å²) in [6.07, 6.45) is 3.30. The molecule has 1 aliphatic carbocycles. The van der Waals surface area contributed by atoms with Crippen LogP contribution in [0.3, 0.4) is 0 Å². The smallest absolute Gasteiger partial charge is 0.320 e. The molecule has 0 amide bonds. The molecule has 4 heteroatoms. The summed E-state index contributed by atoms with van der Waals surface area (Å²) >= 11 is 0. The van der Waals surface area contributed by atoms with Crippen molar-refractivity contribution >= 4 is 5.97 Å². The first-order valence-electron chi connectivity index (χ1n) is 6.63. The lowest BCUT2D eigenvalue weighted by molar-refractivity contribution is -0.139. The molecule has 0 aromatic rings. The Morgan fingerprint density at radius 1 is 1.47 bits per heavy atom. The minimum atomic E-state index is -0.885. The topological polar surface area (TPSA) is 66.6 Å². The van der Waals surface area contributed by atoms with Gasteiger partial charge in [-0.05, 0) is 36.5 Å². The van der Waals surface area contributed by atoms with Gasteiger partial charge in [-0.25, -0.2) is 0 Å². The van der Waals surface area contributed by atoms with Gasteiger partial charge in [-0.1, -0.05) is 13.8 Å². The van der Waals surface area contributed by atoms with E-state index in [1.54, 1.807) is 0 Å². The summed E-state index contributed by atoms with van der Waals surface area (Å²) in [5.74, 6) is 0.845. The summed E-state index contributed by atoms with van der Waals surface area (Å²) in [5.41, 5.74) is 6.08. The molecule has 2 aliphatic rings. The largest absolute Gasteiger partial charge is 0.480 e. The first-order chi connectivity index (χ1) is 7.92. The highest BCUT2D eigenvalue weighted by Crippen LogP contribution is 2.54. The van der Waals surface area contributed by atoms with Gasteiger partial charge < -0.3 is 15.7 Å². The Bertz CT molecular complexity index is 290. The molecule has 0 aromatic heterocycles. The van der Waals surface area contributed by atoms with Crippen LogP contribution in [0.1, 0.15) is 33.1 Å². The van der Waals surface area contributed by atoms with E-state index in [0.717, 1.165) is 31.5 Å². The molecular weight excluding hydrogens is 216 g/mol. The fraction of sp³-hybridized carbons (Fsp3) is 0.923. The number of likely N-dealkylation sites (tertiary alicyclic amines) is 1. The second-order valence-corrected chi connectivity index (χ2v) is 6.36. The zero-order valence-corrected chi connectivity index (χ0v) is 10.9. The second kappa shape index (κ2) is 4.58. The van der Waals surface area contributed by atoms with Gasteiger partial charge in [-0.15, -0.1) is 0 Å². The van der Waals surface area contributed by atoms with Crippen molar-refractivity contribution in [2.75, 3.05) is 19.6 Å². The quantitative estimate of drug-likeness (QED) is 0.756. The van der Waals surface area contributed by atoms with Crippen molar-refractivity contribution in [2.45, 2.75) is 39.2 Å². The number of hydrogen-bond acceptors (Lipinski definition) is 3. The Kier molecular flexibility index (Phi) is 3.46. The van der Waals surface area contributed by atoms with Crippen LogP contribution >= 0.6 is 0 Å². The summed E-state index contributed by atoms with van der Waals surface area (Å²) in [7, 11) is 0. The molecular formula is C13H24N2O2. The molecule has 1 spiro atoms. The molecule has 0 radical (unpaired) electrons. The van der Waals surface area contributed by atoms with Gasteiger partial charge in [0, 0.05) is 19.6 Å². The van der Waals surface area contributed by atoms with E-state index in [9.17, 15) is 4.79 Å². The zero-order valence-electron chi connectivity index (χ0n) is 10.9. The van der Waals surface area contributed by atoms with Crippen LogP contribution in [0.5, 0.6) is 0 Å². The Morgan fingerprint density at radius 3 is 2.53 bits per heavy atom. The summed E-state index contributed by atoms with van der Waals surface area (Å²) < 4.78 is 0. The summed E-state index contributed by atoms with van der Waals surface area (Å²) in [6.45, 7) is 7.76. The van der Waals surface area contributed by atoms with Crippen LogP contribution in [-0.4, -0.2) is 41.7 Å². The molecule has 3 N–H and O–H groups in total. The third kappa shape index (κ3) is 2.63. The van der Waals surface area contributed by atoms with E-state index in [-0.39, 0.29) is 0 Å². The summed E-state index contributed by atoms with van der Waals surface area (Å²) in [6, 6.07) is -0.698. The van der Waals surface area contributed by atoms with Crippen molar-refractivity contribution in [1.82, 2.24) is 4.90 Å². The number of hydrogen-bond donors (Lipinski definition) is 2. The van der Waals surface area contributed by atoms with Crippen molar-refractivity contribution < 1.29 is 9.90 Å². The lowest BCUT2D eigenvalue weighted by Gasteiger charge is -2.60. The molecule has 1 atom stereocenters. The normalized spacial score (nSPS) is 25.6. The van der Waals surface area contributed by atoms with Crippen LogP contribution in [0, 0.1) is 17.3 Å². The Balaban J connectivity index is 1.62. The van der Waals surface area contributed by atoms with Gasteiger partial charge >= 0.3 is 5.97 Å². The number of carboxylic acid groups (broad SMARTS) is 1. The molecule has 2 rings (SSSR count). The van der Waals surface area contributed by atoms with Crippen LogP contribution in [0.25, 0.3) is 0 Å². The third-order valence-electron chi connectivity index (χ3n) is 4.52. The minimum Gasteiger partial charge on any atom is -0.480 e. The van der Waals surface area contributed by atoms with Crippen molar-refractivity contribution in [3.63, 3.8) is 0 Å². The van der Waals surface area contributed by atoms with Crippen molar-refractivity contribution in [3.05, 3.63) is 0 Å². The molecule has 1 heterocycles. The first-order valence-corrected chi connectivity index (χ1v) is 6.63. The zero-order chi connectivity index (χ0) is 12.6. The average Bonchev–Trinajstić information content (AvgIpc) is 2.11. The van der Waals surface area contributed by atoms with Crippen LogP contribution in [0.4, 0.5) is 0 Å². The number of carbonyl (C=O) groups is 1. The number of nitrogens with zero attached hydrogens (tertiary/aromatic N) is 1. The van der Waals surface area contributed by atoms with E-state index in [1.807, 2.05) is 0 Å². The molecule has 2 fully saturated rings. The van der Waals surface area contributed by atoms with Gasteiger partial charge in [0.15, 0.2) is 0 Å². The fourth-order valence-electron chi connectivity index (χ4n) is 3.29. The van der Waals surface area contributed by atoms with E-state index >= 15 is 0 Å². The molecule has 1 saturated heterocycles. The molecule has 17 heavy (non-hydrogen) atoms. The highest BCUT2D eigenvalue weighted by molar-refractivity contribution is 5.72. The molecule has 1 saturated carbocycles. The van der Waals surface area contributed by atoms with E-state index < -0.39 is 12.0 Å². The van der Waals surface area contributed by atoms with Gasteiger partial charge in [0.05, 0.1) is 0 Å². The maximum absolute atomic E-state index is 10.6. The molecule has 0 bridgehead atoms. The Hall–Kier alpha value is -0.610. The predicted molar refractivity (Wildman–Crippen MR) is 66.7 cm³/mol. The van der Waals surface area contributed by atoms with Crippen molar-refractivity contribution in [1.29, 1.82) is 0 Å². The number of nitrogens with two attached hydrogens (primary N) is 1. The Morgan fingerprint density at radius 2 is 2.06 bits per heavy atom. The van der Waals surface area contributed by atoms with Crippen LogP contribution < -0.4 is 5.73 Å². The lowest BCUT2D eigenvalue weighted by Crippen LogP contribution is -2.63. The highest BCUT2D eigenvalue weighted by atomic mass is 16.4. The van der Waals surface area contributed by atoms with Gasteiger partial charge in [0.25, 0.3) is 0 Å². The van der Waals surface area contributed by atoms with E-state index in [2.05, 4.69) is 18.7 Å². The van der Waals surface area contributed by atoms with Crippen LogP contribution in [-0.2, 0) is 4.79 Å². The molecule has 98 valence electrons. The van der Waals surface area contributed by atoms with E-state index in [0.29, 0.717) is 11.8 Å². The highest BCUT2D eigenvalue weighted by Gasteiger charge is 2.52. The number of aliphatic carboxylic acids is 1. The lowest BCUT2D eigenvalue weighted by atomic mass is 9.55. The average molecular weight is 240 g/mol. The number of carboxylic acids is 1. The summed E-state index contributed by atoms with van der Waals surface area (Å²) in [5, 5.41) is 8.70. The fourth-order valence-corrected chi connectivity index (χ4v) is 3.29. The van der Waals surface area contributed by atoms with E-state index in [4.69, 9.17) is 10.8 Å². The SMILES string of the molecule is CC(C)C1CC2(C1)CN(CCC(N)C(=O)O)C2. The maximum Gasteiger partial charge on any atom is 0.320 e.